The van der Waals surface area contributed by atoms with Gasteiger partial charge in [0.05, 0.1) is 0 Å². The lowest BCUT2D eigenvalue weighted by atomic mass is 9.91. The smallest absolute Gasteiger partial charge is 0.246 e. The predicted molar refractivity (Wildman–Crippen MR) is 49.7 cm³/mol. The molecule has 0 atom stereocenters. The van der Waals surface area contributed by atoms with Gasteiger partial charge in [0.25, 0.3) is 0 Å². The van der Waals surface area contributed by atoms with Crippen molar-refractivity contribution >= 4 is 12.0 Å². The van der Waals surface area contributed by atoms with Gasteiger partial charge in [-0.25, -0.2) is 4.79 Å². The quantitative estimate of drug-likeness (QED) is 0.371. The van der Waals surface area contributed by atoms with Gasteiger partial charge in [-0.3, -0.25) is 4.79 Å². The minimum absolute atomic E-state index is 0.212. The van der Waals surface area contributed by atoms with Crippen molar-refractivity contribution in [1.82, 2.24) is 0 Å². The number of nitrogens with zero attached hydrogens (tertiary/aromatic N) is 1. The number of aliphatic imine (C=N–C) groups is 1. The Balaban J connectivity index is 5.00. The van der Waals surface area contributed by atoms with Gasteiger partial charge in [0, 0.05) is 12.8 Å². The fraction of sp³-hybridized carbons (Fsp3) is 0.333. The van der Waals surface area contributed by atoms with Crippen LogP contribution in [0.5, 0.6) is 0 Å². The molecule has 0 aliphatic heterocycles. The zero-order valence-corrected chi connectivity index (χ0v) is 7.32. The van der Waals surface area contributed by atoms with Gasteiger partial charge < -0.3 is 5.73 Å². The Morgan fingerprint density at radius 3 is 2.15 bits per heavy atom. The first kappa shape index (κ1) is 11.3. The van der Waals surface area contributed by atoms with Crippen molar-refractivity contribution in [2.75, 3.05) is 0 Å². The van der Waals surface area contributed by atoms with Crippen molar-refractivity contribution in [3.8, 4) is 0 Å². The van der Waals surface area contributed by atoms with E-state index in [1.54, 1.807) is 0 Å². The predicted octanol–water partition coefficient (Wildman–Crippen LogP) is 0.699. The third-order valence-electron chi connectivity index (χ3n) is 1.68. The van der Waals surface area contributed by atoms with Crippen LogP contribution in [0, 0.1) is 0 Å². The van der Waals surface area contributed by atoms with Gasteiger partial charge in [-0.15, -0.1) is 13.2 Å². The summed E-state index contributed by atoms with van der Waals surface area (Å²) < 4.78 is 0. The summed E-state index contributed by atoms with van der Waals surface area (Å²) in [5, 5.41) is 0. The molecule has 0 aromatic heterocycles. The molecule has 0 bridgehead atoms. The molecule has 0 unspecified atom stereocenters. The van der Waals surface area contributed by atoms with E-state index < -0.39 is 11.4 Å². The van der Waals surface area contributed by atoms with Crippen molar-refractivity contribution in [1.29, 1.82) is 0 Å². The van der Waals surface area contributed by atoms with Crippen LogP contribution in [0.15, 0.2) is 30.3 Å². The molecular formula is C9H12N2O2. The number of carbonyl (C=O) groups is 1. The SMILES string of the molecule is C=CCC(CC=C)(N=C=O)C(N)=O. The third kappa shape index (κ3) is 2.69. The molecule has 0 heterocycles. The summed E-state index contributed by atoms with van der Waals surface area (Å²) in [6.45, 7) is 6.92. The van der Waals surface area contributed by atoms with E-state index in [1.807, 2.05) is 0 Å². The van der Waals surface area contributed by atoms with Crippen LogP contribution in [0.25, 0.3) is 0 Å². The number of amides is 1. The van der Waals surface area contributed by atoms with Crippen LogP contribution in [-0.4, -0.2) is 17.5 Å². The van der Waals surface area contributed by atoms with Gasteiger partial charge in [0.1, 0.15) is 0 Å². The Morgan fingerprint density at radius 1 is 1.46 bits per heavy atom. The number of rotatable bonds is 6. The average Bonchev–Trinajstić information content (AvgIpc) is 2.05. The largest absolute Gasteiger partial charge is 0.368 e. The molecule has 0 saturated carbocycles. The standard InChI is InChI=1S/C9H12N2O2/c1-3-5-9(6-4-2,8(10)13)11-7-12/h3-4H,1-2,5-6H2,(H2,10,13). The highest BCUT2D eigenvalue weighted by molar-refractivity contribution is 5.86. The van der Waals surface area contributed by atoms with Crippen LogP contribution in [-0.2, 0) is 9.59 Å². The lowest BCUT2D eigenvalue weighted by Gasteiger charge is -2.20. The number of carbonyl (C=O) groups excluding carboxylic acids is 2. The van der Waals surface area contributed by atoms with Gasteiger partial charge in [-0.05, 0) is 0 Å². The number of hydrogen-bond donors (Lipinski definition) is 1. The molecule has 0 aromatic rings. The summed E-state index contributed by atoms with van der Waals surface area (Å²) >= 11 is 0. The Bertz CT molecular complexity index is 251. The van der Waals surface area contributed by atoms with Crippen LogP contribution >= 0.6 is 0 Å². The fourth-order valence-electron chi connectivity index (χ4n) is 0.996. The Kier molecular flexibility index (Phi) is 4.41. The van der Waals surface area contributed by atoms with E-state index in [2.05, 4.69) is 18.2 Å². The first-order valence-electron chi connectivity index (χ1n) is 3.73. The second kappa shape index (κ2) is 5.06. The van der Waals surface area contributed by atoms with E-state index in [0.29, 0.717) is 0 Å². The van der Waals surface area contributed by atoms with Crippen LogP contribution in [0.1, 0.15) is 12.8 Å². The molecule has 1 amide bonds. The molecule has 0 spiro atoms. The summed E-state index contributed by atoms with van der Waals surface area (Å²) in [5.74, 6) is -0.671. The summed E-state index contributed by atoms with van der Waals surface area (Å²) in [4.78, 5) is 24.6. The van der Waals surface area contributed by atoms with Crippen LogP contribution in [0.3, 0.4) is 0 Å². The van der Waals surface area contributed by atoms with E-state index >= 15 is 0 Å². The second-order valence-electron chi connectivity index (χ2n) is 2.58. The first-order valence-corrected chi connectivity index (χ1v) is 3.73. The van der Waals surface area contributed by atoms with Gasteiger partial charge in [-0.2, -0.15) is 4.99 Å². The third-order valence-corrected chi connectivity index (χ3v) is 1.68. The molecule has 4 heteroatoms. The molecule has 0 radical (unpaired) electrons. The minimum atomic E-state index is -1.24. The zero-order chi connectivity index (χ0) is 10.3. The molecule has 0 rings (SSSR count). The van der Waals surface area contributed by atoms with E-state index in [9.17, 15) is 9.59 Å². The number of nitrogens with two attached hydrogens (primary N) is 1. The van der Waals surface area contributed by atoms with E-state index in [0.717, 1.165) is 0 Å². The van der Waals surface area contributed by atoms with Crippen molar-refractivity contribution in [2.24, 2.45) is 10.7 Å². The number of primary amides is 1. The van der Waals surface area contributed by atoms with E-state index in [1.165, 1.54) is 18.2 Å². The molecule has 0 aromatic carbocycles. The van der Waals surface area contributed by atoms with Crippen molar-refractivity contribution in [3.63, 3.8) is 0 Å². The average molecular weight is 180 g/mol. The number of isocyanates is 1. The highest BCUT2D eigenvalue weighted by Gasteiger charge is 2.33. The maximum atomic E-state index is 11.0. The summed E-state index contributed by atoms with van der Waals surface area (Å²) in [6, 6.07) is 0. The van der Waals surface area contributed by atoms with E-state index in [-0.39, 0.29) is 12.8 Å². The normalized spacial score (nSPS) is 9.85. The molecule has 0 saturated heterocycles. The molecular weight excluding hydrogens is 168 g/mol. The zero-order valence-electron chi connectivity index (χ0n) is 7.32. The maximum Gasteiger partial charge on any atom is 0.246 e. The molecule has 2 N–H and O–H groups in total. The lowest BCUT2D eigenvalue weighted by molar-refractivity contribution is -0.122. The molecule has 0 aliphatic carbocycles. The maximum absolute atomic E-state index is 11.0. The summed E-state index contributed by atoms with van der Waals surface area (Å²) in [5.41, 5.74) is 3.88. The van der Waals surface area contributed by atoms with Gasteiger partial charge in [-0.1, -0.05) is 12.2 Å². The Labute approximate surface area is 76.8 Å². The van der Waals surface area contributed by atoms with Crippen LogP contribution in [0.2, 0.25) is 0 Å². The van der Waals surface area contributed by atoms with Gasteiger partial charge >= 0.3 is 0 Å². The van der Waals surface area contributed by atoms with Gasteiger partial charge in [0.15, 0.2) is 5.54 Å². The summed E-state index contributed by atoms with van der Waals surface area (Å²) in [6.07, 6.45) is 4.72. The van der Waals surface area contributed by atoms with Crippen molar-refractivity contribution in [3.05, 3.63) is 25.3 Å². The van der Waals surface area contributed by atoms with E-state index in [4.69, 9.17) is 5.73 Å². The van der Waals surface area contributed by atoms with Crippen molar-refractivity contribution in [2.45, 2.75) is 18.4 Å². The molecule has 4 nitrogen and oxygen atoms in total. The molecule has 0 fully saturated rings. The highest BCUT2D eigenvalue weighted by Crippen LogP contribution is 2.20. The first-order chi connectivity index (χ1) is 6.13. The van der Waals surface area contributed by atoms with Gasteiger partial charge in [0.2, 0.25) is 12.0 Å². The Hall–Kier alpha value is -1.67. The van der Waals surface area contributed by atoms with Crippen LogP contribution < -0.4 is 5.73 Å². The second-order valence-corrected chi connectivity index (χ2v) is 2.58. The molecule has 70 valence electrons. The number of hydrogen-bond acceptors (Lipinski definition) is 3. The highest BCUT2D eigenvalue weighted by atomic mass is 16.2. The Morgan fingerprint density at radius 2 is 1.92 bits per heavy atom. The monoisotopic (exact) mass is 180 g/mol. The molecule has 0 aliphatic rings. The summed E-state index contributed by atoms with van der Waals surface area (Å²) in [7, 11) is 0. The fourth-order valence-corrected chi connectivity index (χ4v) is 0.996. The van der Waals surface area contributed by atoms with Crippen molar-refractivity contribution < 1.29 is 9.59 Å². The topological polar surface area (TPSA) is 72.5 Å². The van der Waals surface area contributed by atoms with Crippen LogP contribution in [0.4, 0.5) is 0 Å². The lowest BCUT2D eigenvalue weighted by Crippen LogP contribution is -2.41. The molecule has 13 heavy (non-hydrogen) atoms. The minimum Gasteiger partial charge on any atom is -0.368 e.